The van der Waals surface area contributed by atoms with Gasteiger partial charge in [0, 0.05) is 12.6 Å². The number of aromatic nitrogens is 2. The van der Waals surface area contributed by atoms with Gasteiger partial charge in [-0.3, -0.25) is 9.69 Å². The third-order valence-corrected chi connectivity index (χ3v) is 6.05. The van der Waals surface area contributed by atoms with Gasteiger partial charge in [-0.1, -0.05) is 11.3 Å². The molecule has 0 N–H and O–H groups in total. The highest BCUT2D eigenvalue weighted by molar-refractivity contribution is 7.22. The highest BCUT2D eigenvalue weighted by Crippen LogP contribution is 2.33. The van der Waals surface area contributed by atoms with Crippen LogP contribution in [0.1, 0.15) is 26.8 Å². The Morgan fingerprint density at radius 1 is 1.11 bits per heavy atom. The topological polar surface area (TPSA) is 49.3 Å². The second-order valence-corrected chi connectivity index (χ2v) is 8.70. The molecular weight excluding hydrogens is 426 g/mol. The molecule has 3 aromatic rings. The van der Waals surface area contributed by atoms with E-state index in [0.29, 0.717) is 26.9 Å². The fourth-order valence-electron chi connectivity index (χ4n) is 2.74. The van der Waals surface area contributed by atoms with Crippen molar-refractivity contribution in [3.63, 3.8) is 0 Å². The lowest BCUT2D eigenvalue weighted by Gasteiger charge is -2.20. The molecular formula is C18H21ClF2N4OS2. The van der Waals surface area contributed by atoms with Crippen molar-refractivity contribution in [3.8, 4) is 0 Å². The van der Waals surface area contributed by atoms with Gasteiger partial charge in [-0.15, -0.1) is 23.7 Å². The minimum atomic E-state index is -0.724. The number of benzene rings is 1. The lowest BCUT2D eigenvalue weighted by atomic mass is 10.3. The van der Waals surface area contributed by atoms with Crippen molar-refractivity contribution < 1.29 is 13.6 Å². The Hall–Kier alpha value is -1.68. The molecule has 152 valence electrons. The van der Waals surface area contributed by atoms with Crippen LogP contribution in [0.15, 0.2) is 12.1 Å². The Morgan fingerprint density at radius 3 is 2.43 bits per heavy atom. The van der Waals surface area contributed by atoms with Gasteiger partial charge in [0.05, 0.1) is 15.4 Å². The number of thiazole rings is 2. The van der Waals surface area contributed by atoms with E-state index in [4.69, 9.17) is 0 Å². The van der Waals surface area contributed by atoms with Gasteiger partial charge in [0.1, 0.15) is 16.2 Å². The van der Waals surface area contributed by atoms with Crippen molar-refractivity contribution in [1.29, 1.82) is 0 Å². The van der Waals surface area contributed by atoms with Crippen molar-refractivity contribution in [2.24, 2.45) is 0 Å². The van der Waals surface area contributed by atoms with Gasteiger partial charge in [-0.05, 0) is 47.0 Å². The largest absolute Gasteiger partial charge is 0.309 e. The van der Waals surface area contributed by atoms with E-state index < -0.39 is 11.6 Å². The second-order valence-electron chi connectivity index (χ2n) is 6.49. The number of amides is 1. The van der Waals surface area contributed by atoms with Gasteiger partial charge in [-0.2, -0.15) is 0 Å². The number of nitrogens with zero attached hydrogens (tertiary/aromatic N) is 4. The Morgan fingerprint density at radius 2 is 1.82 bits per heavy atom. The van der Waals surface area contributed by atoms with Crippen LogP contribution < -0.4 is 4.90 Å². The van der Waals surface area contributed by atoms with E-state index in [9.17, 15) is 13.6 Å². The van der Waals surface area contributed by atoms with Crippen LogP contribution >= 0.6 is 35.1 Å². The monoisotopic (exact) mass is 446 g/mol. The first-order valence-electron chi connectivity index (χ1n) is 8.42. The molecule has 1 aromatic carbocycles. The highest BCUT2D eigenvalue weighted by atomic mass is 35.5. The molecule has 0 aliphatic carbocycles. The first-order valence-corrected chi connectivity index (χ1v) is 10.1. The van der Waals surface area contributed by atoms with Gasteiger partial charge in [0.2, 0.25) is 0 Å². The fraction of sp³-hybridized carbons (Fsp3) is 0.389. The molecule has 0 fully saturated rings. The average molecular weight is 447 g/mol. The summed E-state index contributed by atoms with van der Waals surface area (Å²) in [4.78, 5) is 25.9. The van der Waals surface area contributed by atoms with Crippen molar-refractivity contribution in [1.82, 2.24) is 14.9 Å². The minimum absolute atomic E-state index is 0. The lowest BCUT2D eigenvalue weighted by Crippen LogP contribution is -2.33. The summed E-state index contributed by atoms with van der Waals surface area (Å²) in [5.74, 6) is -1.59. The number of hydrogen-bond donors (Lipinski definition) is 0. The Labute approximate surface area is 176 Å². The second kappa shape index (κ2) is 9.21. The third kappa shape index (κ3) is 4.83. The number of anilines is 1. The van der Waals surface area contributed by atoms with E-state index in [0.717, 1.165) is 35.4 Å². The maximum absolute atomic E-state index is 14.1. The minimum Gasteiger partial charge on any atom is -0.309 e. The van der Waals surface area contributed by atoms with Crippen LogP contribution in [0.2, 0.25) is 0 Å². The average Bonchev–Trinajstić information content (AvgIpc) is 3.13. The molecule has 0 radical (unpaired) electrons. The van der Waals surface area contributed by atoms with E-state index in [1.165, 1.54) is 17.4 Å². The zero-order chi connectivity index (χ0) is 19.7. The zero-order valence-corrected chi connectivity index (χ0v) is 18.4. The normalized spacial score (nSPS) is 11.1. The highest BCUT2D eigenvalue weighted by Gasteiger charge is 2.25. The molecule has 0 saturated heterocycles. The van der Waals surface area contributed by atoms with Gasteiger partial charge in [0.25, 0.3) is 5.91 Å². The Bertz CT molecular complexity index is 990. The predicted octanol–water partition coefficient (Wildman–Crippen LogP) is 4.67. The summed E-state index contributed by atoms with van der Waals surface area (Å²) < 4.78 is 28.0. The van der Waals surface area contributed by atoms with Crippen LogP contribution in [0.5, 0.6) is 0 Å². The van der Waals surface area contributed by atoms with E-state index in [-0.39, 0.29) is 23.8 Å². The summed E-state index contributed by atoms with van der Waals surface area (Å²) in [5, 5.41) is 1.17. The Kier molecular flexibility index (Phi) is 7.44. The van der Waals surface area contributed by atoms with Crippen molar-refractivity contribution in [3.05, 3.63) is 39.3 Å². The molecule has 0 spiro atoms. The standard InChI is InChI=1S/C18H20F2N4OS2.ClH/c1-10-16(26-11(2)21-10)17(25)24(7-5-6-23(3)4)18-22-15-13(20)8-12(19)9-14(15)27-18;/h8-9H,5-7H2,1-4H3;1H. The molecule has 2 heterocycles. The Balaban J connectivity index is 0.00000280. The first kappa shape index (κ1) is 22.6. The molecule has 0 bridgehead atoms. The number of fused-ring (bicyclic) bond motifs is 1. The molecule has 28 heavy (non-hydrogen) atoms. The summed E-state index contributed by atoms with van der Waals surface area (Å²) in [5.41, 5.74) is 0.748. The molecule has 3 rings (SSSR count). The molecule has 5 nitrogen and oxygen atoms in total. The summed E-state index contributed by atoms with van der Waals surface area (Å²) in [6, 6.07) is 2.05. The predicted molar refractivity (Wildman–Crippen MR) is 113 cm³/mol. The SMILES string of the molecule is Cc1nc(C)c(C(=O)N(CCCN(C)C)c2nc3c(F)cc(F)cc3s2)s1.Cl. The van der Waals surface area contributed by atoms with Gasteiger partial charge < -0.3 is 4.90 Å². The molecule has 2 aromatic heterocycles. The number of carbonyl (C=O) groups is 1. The summed E-state index contributed by atoms with van der Waals surface area (Å²) in [7, 11) is 3.91. The van der Waals surface area contributed by atoms with Crippen LogP contribution in [0.25, 0.3) is 10.2 Å². The van der Waals surface area contributed by atoms with Crippen LogP contribution in [-0.2, 0) is 0 Å². The van der Waals surface area contributed by atoms with E-state index in [1.807, 2.05) is 25.9 Å². The maximum atomic E-state index is 14.1. The fourth-order valence-corrected chi connectivity index (χ4v) is 4.64. The summed E-state index contributed by atoms with van der Waals surface area (Å²) >= 11 is 2.44. The number of rotatable bonds is 6. The molecule has 0 atom stereocenters. The molecule has 0 aliphatic heterocycles. The van der Waals surface area contributed by atoms with Crippen LogP contribution in [-0.4, -0.2) is 48.0 Å². The molecule has 0 saturated carbocycles. The van der Waals surface area contributed by atoms with Crippen LogP contribution in [0, 0.1) is 25.5 Å². The van der Waals surface area contributed by atoms with E-state index in [2.05, 4.69) is 9.97 Å². The van der Waals surface area contributed by atoms with Crippen molar-refractivity contribution in [2.75, 3.05) is 32.1 Å². The van der Waals surface area contributed by atoms with Crippen molar-refractivity contribution in [2.45, 2.75) is 20.3 Å². The van der Waals surface area contributed by atoms with Crippen LogP contribution in [0.4, 0.5) is 13.9 Å². The third-order valence-electron chi connectivity index (χ3n) is 3.96. The molecule has 0 unspecified atom stereocenters. The maximum Gasteiger partial charge on any atom is 0.272 e. The van der Waals surface area contributed by atoms with Crippen LogP contribution in [0.3, 0.4) is 0 Å². The molecule has 0 aliphatic rings. The van der Waals surface area contributed by atoms with E-state index in [1.54, 1.807) is 11.8 Å². The number of halogens is 3. The number of aryl methyl sites for hydroxylation is 2. The summed E-state index contributed by atoms with van der Waals surface area (Å²) in [6.45, 7) is 4.86. The van der Waals surface area contributed by atoms with Gasteiger partial charge in [-0.25, -0.2) is 18.7 Å². The molecule has 1 amide bonds. The number of carbonyl (C=O) groups excluding carboxylic acids is 1. The molecule has 10 heteroatoms. The first-order chi connectivity index (χ1) is 12.8. The number of hydrogen-bond acceptors (Lipinski definition) is 6. The van der Waals surface area contributed by atoms with Gasteiger partial charge in [0.15, 0.2) is 10.9 Å². The quantitative estimate of drug-likeness (QED) is 0.552. The summed E-state index contributed by atoms with van der Waals surface area (Å²) in [6.07, 6.45) is 0.725. The smallest absolute Gasteiger partial charge is 0.272 e. The van der Waals surface area contributed by atoms with Crippen molar-refractivity contribution >= 4 is 56.3 Å². The lowest BCUT2D eigenvalue weighted by molar-refractivity contribution is 0.0989. The van der Waals surface area contributed by atoms with Gasteiger partial charge >= 0.3 is 0 Å². The van der Waals surface area contributed by atoms with E-state index >= 15 is 0 Å². The zero-order valence-electron chi connectivity index (χ0n) is 16.0.